The van der Waals surface area contributed by atoms with Gasteiger partial charge in [-0.25, -0.2) is 0 Å². The Kier molecular flexibility index (Phi) is 9.99. The number of aromatic nitrogens is 2. The van der Waals surface area contributed by atoms with Crippen molar-refractivity contribution < 1.29 is 0 Å². The van der Waals surface area contributed by atoms with Crippen molar-refractivity contribution in [3.05, 3.63) is 336 Å². The molecular formula is C68H48N2. The van der Waals surface area contributed by atoms with Crippen LogP contribution in [-0.4, -0.2) is 9.13 Å². The van der Waals surface area contributed by atoms with Gasteiger partial charge in [-0.1, -0.05) is 237 Å². The SMILES string of the molecule is c1ccc(-n2c3ccc(-n4c5ccccc5c5ccc(C(c6ccccc6)(c6ccccc6)c6ccccc6)cc54)cc3c3cc(C(c4ccccc4)(c4ccccc4)c4ccccc4)ccc32)cc1. The number of rotatable bonds is 10. The molecule has 13 rings (SSSR count). The van der Waals surface area contributed by atoms with Crippen LogP contribution in [0.4, 0.5) is 0 Å². The van der Waals surface area contributed by atoms with Gasteiger partial charge < -0.3 is 9.13 Å². The summed E-state index contributed by atoms with van der Waals surface area (Å²) in [6.45, 7) is 0. The molecule has 0 aliphatic carbocycles. The molecule has 0 saturated heterocycles. The normalized spacial score (nSPS) is 12.0. The third-order valence-corrected chi connectivity index (χ3v) is 14.8. The fraction of sp³-hybridized carbons (Fsp3) is 0.0294. The molecule has 13 aromatic rings. The lowest BCUT2D eigenvalue weighted by Gasteiger charge is -2.37. The summed E-state index contributed by atoms with van der Waals surface area (Å²) < 4.78 is 4.93. The number of para-hydroxylation sites is 2. The van der Waals surface area contributed by atoms with Gasteiger partial charge in [0.05, 0.1) is 32.9 Å². The molecule has 2 nitrogen and oxygen atoms in total. The summed E-state index contributed by atoms with van der Waals surface area (Å²) in [5.74, 6) is 0. The molecule has 2 heteroatoms. The largest absolute Gasteiger partial charge is 0.309 e. The van der Waals surface area contributed by atoms with Crippen LogP contribution in [0, 0.1) is 0 Å². The third-order valence-electron chi connectivity index (χ3n) is 14.8. The van der Waals surface area contributed by atoms with Crippen LogP contribution >= 0.6 is 0 Å². The molecule has 0 N–H and O–H groups in total. The van der Waals surface area contributed by atoms with Crippen LogP contribution in [0.15, 0.2) is 291 Å². The highest BCUT2D eigenvalue weighted by atomic mass is 15.0. The summed E-state index contributed by atoms with van der Waals surface area (Å²) in [5.41, 5.74) is 15.4. The average molecular weight is 893 g/mol. The highest BCUT2D eigenvalue weighted by Crippen LogP contribution is 2.49. The highest BCUT2D eigenvalue weighted by Gasteiger charge is 2.40. The summed E-state index contributed by atoms with van der Waals surface area (Å²) in [6, 6.07) is 107. The lowest BCUT2D eigenvalue weighted by molar-refractivity contribution is 0.746. The highest BCUT2D eigenvalue weighted by molar-refractivity contribution is 6.12. The number of fused-ring (bicyclic) bond motifs is 6. The van der Waals surface area contributed by atoms with E-state index in [0.29, 0.717) is 0 Å². The van der Waals surface area contributed by atoms with Gasteiger partial charge in [0.25, 0.3) is 0 Å². The molecule has 0 fully saturated rings. The van der Waals surface area contributed by atoms with Crippen molar-refractivity contribution >= 4 is 43.6 Å². The summed E-state index contributed by atoms with van der Waals surface area (Å²) in [5, 5.41) is 4.83. The van der Waals surface area contributed by atoms with Crippen molar-refractivity contribution in [2.75, 3.05) is 0 Å². The first kappa shape index (κ1) is 41.2. The van der Waals surface area contributed by atoms with Gasteiger partial charge in [-0.3, -0.25) is 0 Å². The first-order valence-electron chi connectivity index (χ1n) is 24.3. The molecular weight excluding hydrogens is 845 g/mol. The van der Waals surface area contributed by atoms with E-state index in [1.54, 1.807) is 0 Å². The maximum Gasteiger partial charge on any atom is 0.0702 e. The van der Waals surface area contributed by atoms with Crippen molar-refractivity contribution in [1.29, 1.82) is 0 Å². The summed E-state index contributed by atoms with van der Waals surface area (Å²) in [4.78, 5) is 0. The monoisotopic (exact) mass is 892 g/mol. The van der Waals surface area contributed by atoms with Gasteiger partial charge in [0.15, 0.2) is 0 Å². The summed E-state index contributed by atoms with van der Waals surface area (Å²) in [7, 11) is 0. The third kappa shape index (κ3) is 6.34. The quantitative estimate of drug-likeness (QED) is 0.121. The van der Waals surface area contributed by atoms with Gasteiger partial charge in [-0.05, 0) is 99.1 Å². The Balaban J connectivity index is 1.11. The van der Waals surface area contributed by atoms with E-state index in [2.05, 4.69) is 300 Å². The molecule has 0 amide bonds. The molecule has 2 heterocycles. The van der Waals surface area contributed by atoms with Gasteiger partial charge in [0.1, 0.15) is 0 Å². The number of hydrogen-bond acceptors (Lipinski definition) is 0. The van der Waals surface area contributed by atoms with E-state index in [0.717, 1.165) is 27.9 Å². The van der Waals surface area contributed by atoms with Crippen LogP contribution < -0.4 is 0 Å². The standard InChI is InChI=1S/C68H48N2/c1-8-24-49(25-9-1)67(50-26-10-2-11-27-50,51-28-12-3-13-29-51)55-41-44-64-61(46-55)62-48-58(42-45-65(62)69(64)57-36-20-7-21-37-57)70-63-39-23-22-38-59(63)60-43-40-56(47-66(60)70)68(52-30-14-4-15-31-52,53-32-16-5-17-33-53)54-34-18-6-19-35-54/h1-48H. The molecule has 0 unspecified atom stereocenters. The minimum absolute atomic E-state index is 0.592. The Hall–Kier alpha value is -8.98. The fourth-order valence-electron chi connectivity index (χ4n) is 11.8. The second-order valence-corrected chi connectivity index (χ2v) is 18.4. The molecule has 11 aromatic carbocycles. The van der Waals surface area contributed by atoms with Crippen molar-refractivity contribution in [2.45, 2.75) is 10.8 Å². The topological polar surface area (TPSA) is 9.86 Å². The summed E-state index contributed by atoms with van der Waals surface area (Å²) in [6.07, 6.45) is 0. The van der Waals surface area contributed by atoms with Gasteiger partial charge in [0, 0.05) is 32.9 Å². The van der Waals surface area contributed by atoms with Gasteiger partial charge in [-0.15, -0.1) is 0 Å². The number of nitrogens with zero attached hydrogens (tertiary/aromatic N) is 2. The fourth-order valence-corrected chi connectivity index (χ4v) is 11.8. The zero-order valence-electron chi connectivity index (χ0n) is 38.6. The maximum atomic E-state index is 2.50. The molecule has 0 aliphatic heterocycles. The van der Waals surface area contributed by atoms with E-state index in [4.69, 9.17) is 0 Å². The minimum atomic E-state index is -0.595. The second-order valence-electron chi connectivity index (χ2n) is 18.4. The van der Waals surface area contributed by atoms with Crippen molar-refractivity contribution in [1.82, 2.24) is 9.13 Å². The van der Waals surface area contributed by atoms with Crippen LogP contribution in [0.25, 0.3) is 55.0 Å². The van der Waals surface area contributed by atoms with Gasteiger partial charge in [0.2, 0.25) is 0 Å². The van der Waals surface area contributed by atoms with E-state index in [1.165, 1.54) is 71.6 Å². The van der Waals surface area contributed by atoms with Crippen LogP contribution in [0.2, 0.25) is 0 Å². The number of hydrogen-bond donors (Lipinski definition) is 0. The van der Waals surface area contributed by atoms with Crippen LogP contribution in [0.3, 0.4) is 0 Å². The summed E-state index contributed by atoms with van der Waals surface area (Å²) >= 11 is 0. The van der Waals surface area contributed by atoms with Crippen LogP contribution in [0.5, 0.6) is 0 Å². The maximum absolute atomic E-state index is 2.50. The van der Waals surface area contributed by atoms with E-state index in [1.807, 2.05) is 0 Å². The van der Waals surface area contributed by atoms with Crippen molar-refractivity contribution in [3.8, 4) is 11.4 Å². The van der Waals surface area contributed by atoms with Crippen LogP contribution in [0.1, 0.15) is 44.5 Å². The minimum Gasteiger partial charge on any atom is -0.309 e. The van der Waals surface area contributed by atoms with E-state index >= 15 is 0 Å². The molecule has 0 aliphatic rings. The molecule has 0 spiro atoms. The van der Waals surface area contributed by atoms with Crippen molar-refractivity contribution in [3.63, 3.8) is 0 Å². The zero-order chi connectivity index (χ0) is 46.5. The van der Waals surface area contributed by atoms with Gasteiger partial charge >= 0.3 is 0 Å². The molecule has 0 saturated carbocycles. The molecule has 70 heavy (non-hydrogen) atoms. The Morgan fingerprint density at radius 3 is 0.986 bits per heavy atom. The average Bonchev–Trinajstić information content (AvgIpc) is 3.95. The lowest BCUT2D eigenvalue weighted by atomic mass is 9.65. The van der Waals surface area contributed by atoms with E-state index in [9.17, 15) is 0 Å². The first-order chi connectivity index (χ1) is 34.7. The van der Waals surface area contributed by atoms with Crippen molar-refractivity contribution in [2.24, 2.45) is 0 Å². The van der Waals surface area contributed by atoms with E-state index in [-0.39, 0.29) is 0 Å². The Morgan fingerprint density at radius 2 is 0.514 bits per heavy atom. The Labute approximate surface area is 408 Å². The molecule has 0 bridgehead atoms. The Bertz CT molecular complexity index is 3760. The predicted molar refractivity (Wildman–Crippen MR) is 292 cm³/mol. The van der Waals surface area contributed by atoms with E-state index < -0.39 is 10.8 Å². The smallest absolute Gasteiger partial charge is 0.0702 e. The van der Waals surface area contributed by atoms with Gasteiger partial charge in [-0.2, -0.15) is 0 Å². The lowest BCUT2D eigenvalue weighted by Crippen LogP contribution is -2.31. The zero-order valence-corrected chi connectivity index (χ0v) is 38.6. The second kappa shape index (κ2) is 17.0. The molecule has 2 aromatic heterocycles. The van der Waals surface area contributed by atoms with Crippen LogP contribution in [-0.2, 0) is 10.8 Å². The first-order valence-corrected chi connectivity index (χ1v) is 24.3. The Morgan fingerprint density at radius 1 is 0.186 bits per heavy atom. The molecule has 0 atom stereocenters. The molecule has 330 valence electrons. The molecule has 0 radical (unpaired) electrons. The number of benzene rings is 11. The predicted octanol–water partition coefficient (Wildman–Crippen LogP) is 16.6.